The number of anilines is 1. The van der Waals surface area contributed by atoms with Gasteiger partial charge in [-0.1, -0.05) is 6.42 Å². The maximum absolute atomic E-state index is 14.1. The van der Waals surface area contributed by atoms with Crippen LogP contribution in [-0.2, 0) is 0 Å². The van der Waals surface area contributed by atoms with Gasteiger partial charge in [0.2, 0.25) is 0 Å². The molecular formula is C26H32F3N5. The molecule has 0 saturated carbocycles. The normalized spacial score (nSPS) is 25.6. The number of fused-ring (bicyclic) bond motifs is 1. The highest BCUT2D eigenvalue weighted by Crippen LogP contribution is 2.41. The summed E-state index contributed by atoms with van der Waals surface area (Å²) in [6.45, 7) is 4.91. The van der Waals surface area contributed by atoms with E-state index in [4.69, 9.17) is 0 Å². The highest BCUT2D eigenvalue weighted by Gasteiger charge is 2.50. The van der Waals surface area contributed by atoms with Gasteiger partial charge in [0.05, 0.1) is 17.0 Å². The number of hydrogen-bond donors (Lipinski definition) is 0. The lowest BCUT2D eigenvalue weighted by Gasteiger charge is -2.41. The first-order valence-electron chi connectivity index (χ1n) is 12.5. The van der Waals surface area contributed by atoms with Crippen LogP contribution in [0.4, 0.5) is 18.9 Å². The smallest absolute Gasteiger partial charge is 0.370 e. The molecule has 182 valence electrons. The third-order valence-electron chi connectivity index (χ3n) is 8.03. The summed E-state index contributed by atoms with van der Waals surface area (Å²) < 4.78 is 42.3. The molecule has 1 aromatic heterocycles. The largest absolute Gasteiger partial charge is 0.393 e. The second-order valence-electron chi connectivity index (χ2n) is 10.1. The third-order valence-corrected chi connectivity index (χ3v) is 8.03. The van der Waals surface area contributed by atoms with Gasteiger partial charge >= 0.3 is 6.18 Å². The average molecular weight is 472 g/mol. The summed E-state index contributed by atoms with van der Waals surface area (Å²) >= 11 is 0. The van der Waals surface area contributed by atoms with Crippen molar-refractivity contribution in [2.75, 3.05) is 50.7 Å². The molecule has 1 aromatic carbocycles. The van der Waals surface area contributed by atoms with Gasteiger partial charge in [-0.05, 0) is 76.1 Å². The van der Waals surface area contributed by atoms with Crippen LogP contribution in [-0.4, -0.2) is 72.8 Å². The van der Waals surface area contributed by atoms with Gasteiger partial charge in [0.15, 0.2) is 0 Å². The number of benzene rings is 1. The van der Waals surface area contributed by atoms with E-state index in [1.807, 2.05) is 11.0 Å². The zero-order valence-corrected chi connectivity index (χ0v) is 19.5. The van der Waals surface area contributed by atoms with E-state index in [-0.39, 0.29) is 6.54 Å². The van der Waals surface area contributed by atoms with E-state index in [9.17, 15) is 18.4 Å². The number of rotatable bonds is 4. The van der Waals surface area contributed by atoms with Crippen molar-refractivity contribution in [3.8, 4) is 6.07 Å². The monoisotopic (exact) mass is 471 g/mol. The van der Waals surface area contributed by atoms with Gasteiger partial charge in [0.25, 0.3) is 0 Å². The zero-order chi connectivity index (χ0) is 23.7. The number of pyridine rings is 1. The molecule has 3 aliphatic rings. The number of piperidine rings is 2. The summed E-state index contributed by atoms with van der Waals surface area (Å²) in [5, 5.41) is 10.1. The summed E-state index contributed by atoms with van der Waals surface area (Å²) in [6, 6.07) is 9.80. The summed E-state index contributed by atoms with van der Waals surface area (Å²) in [5.74, 6) is -1.82. The standard InChI is InChI=1S/C26H32F3N5/c27-26(28,29)23-18-34(24-7-6-19(15-30)25-22(24)5-4-10-31-25)17-20(23)16-32-13-8-21(9-14-32)33-11-2-1-3-12-33/h4-7,10,20-21,23H,1-3,8-9,11-14,16-18H2/t20-,23?/m0/s1. The molecule has 1 unspecified atom stereocenters. The minimum absolute atomic E-state index is 0.0473. The quantitative estimate of drug-likeness (QED) is 0.649. The van der Waals surface area contributed by atoms with Crippen LogP contribution < -0.4 is 4.90 Å². The Bertz CT molecular complexity index is 1030. The highest BCUT2D eigenvalue weighted by atomic mass is 19.4. The van der Waals surface area contributed by atoms with E-state index < -0.39 is 18.0 Å². The Labute approximate surface area is 199 Å². The Balaban J connectivity index is 1.30. The number of aromatic nitrogens is 1. The van der Waals surface area contributed by atoms with Crippen LogP contribution in [0.25, 0.3) is 10.9 Å². The number of halogens is 3. The molecule has 0 spiro atoms. The molecule has 4 heterocycles. The van der Waals surface area contributed by atoms with E-state index in [0.717, 1.165) is 37.0 Å². The fraction of sp³-hybridized carbons (Fsp3) is 0.615. The van der Waals surface area contributed by atoms with Crippen LogP contribution in [0.2, 0.25) is 0 Å². The maximum atomic E-state index is 14.1. The first kappa shape index (κ1) is 23.4. The topological polar surface area (TPSA) is 46.4 Å². The third kappa shape index (κ3) is 4.73. The van der Waals surface area contributed by atoms with Crippen molar-refractivity contribution in [3.63, 3.8) is 0 Å². The van der Waals surface area contributed by atoms with E-state index in [1.165, 1.54) is 32.4 Å². The molecule has 5 rings (SSSR count). The Hall–Kier alpha value is -2.37. The Morgan fingerprint density at radius 3 is 2.47 bits per heavy atom. The van der Waals surface area contributed by atoms with Crippen molar-refractivity contribution in [2.24, 2.45) is 11.8 Å². The lowest BCUT2D eigenvalue weighted by molar-refractivity contribution is -0.180. The molecule has 0 amide bonds. The first-order chi connectivity index (χ1) is 16.4. The summed E-state index contributed by atoms with van der Waals surface area (Å²) in [5.41, 5.74) is 1.73. The molecule has 8 heteroatoms. The molecule has 3 fully saturated rings. The molecule has 2 atom stereocenters. The average Bonchev–Trinajstić information content (AvgIpc) is 3.28. The van der Waals surface area contributed by atoms with E-state index in [2.05, 4.69) is 20.9 Å². The van der Waals surface area contributed by atoms with Crippen molar-refractivity contribution in [3.05, 3.63) is 36.0 Å². The Kier molecular flexibility index (Phi) is 6.67. The maximum Gasteiger partial charge on any atom is 0.393 e. The molecule has 0 radical (unpaired) electrons. The number of nitrogens with zero attached hydrogens (tertiary/aromatic N) is 5. The van der Waals surface area contributed by atoms with E-state index in [1.54, 1.807) is 24.4 Å². The van der Waals surface area contributed by atoms with Crippen molar-refractivity contribution < 1.29 is 13.2 Å². The van der Waals surface area contributed by atoms with Gasteiger partial charge in [0, 0.05) is 48.9 Å². The van der Waals surface area contributed by atoms with Crippen molar-refractivity contribution in [1.82, 2.24) is 14.8 Å². The van der Waals surface area contributed by atoms with Crippen molar-refractivity contribution in [1.29, 1.82) is 5.26 Å². The second kappa shape index (κ2) is 9.71. The van der Waals surface area contributed by atoms with Gasteiger partial charge in [-0.25, -0.2) is 0 Å². The van der Waals surface area contributed by atoms with Gasteiger partial charge in [-0.2, -0.15) is 18.4 Å². The van der Waals surface area contributed by atoms with Gasteiger partial charge < -0.3 is 14.7 Å². The molecule has 0 N–H and O–H groups in total. The summed E-state index contributed by atoms with van der Waals surface area (Å²) in [6.07, 6.45) is 3.35. The number of nitriles is 1. The molecule has 3 saturated heterocycles. The Morgan fingerprint density at radius 2 is 1.76 bits per heavy atom. The van der Waals surface area contributed by atoms with Crippen LogP contribution in [0.5, 0.6) is 0 Å². The van der Waals surface area contributed by atoms with Crippen LogP contribution in [0.3, 0.4) is 0 Å². The fourth-order valence-electron chi connectivity index (χ4n) is 6.23. The van der Waals surface area contributed by atoms with Crippen molar-refractivity contribution in [2.45, 2.75) is 44.3 Å². The molecule has 5 nitrogen and oxygen atoms in total. The van der Waals surface area contributed by atoms with E-state index in [0.29, 0.717) is 30.2 Å². The number of hydrogen-bond acceptors (Lipinski definition) is 5. The first-order valence-corrected chi connectivity index (χ1v) is 12.5. The van der Waals surface area contributed by atoms with Crippen LogP contribution in [0.1, 0.15) is 37.7 Å². The van der Waals surface area contributed by atoms with Crippen molar-refractivity contribution >= 4 is 16.6 Å². The molecule has 2 aromatic rings. The predicted octanol–water partition coefficient (Wildman–Crippen LogP) is 4.67. The molecule has 0 aliphatic carbocycles. The van der Waals surface area contributed by atoms with Gasteiger partial charge in [-0.3, -0.25) is 4.98 Å². The molecular weight excluding hydrogens is 439 g/mol. The minimum atomic E-state index is -4.23. The zero-order valence-electron chi connectivity index (χ0n) is 19.5. The molecule has 3 aliphatic heterocycles. The Morgan fingerprint density at radius 1 is 1.00 bits per heavy atom. The lowest BCUT2D eigenvalue weighted by atomic mass is 9.93. The van der Waals surface area contributed by atoms with Gasteiger partial charge in [0.1, 0.15) is 6.07 Å². The fourth-order valence-corrected chi connectivity index (χ4v) is 6.23. The van der Waals surface area contributed by atoms with Crippen LogP contribution in [0.15, 0.2) is 30.5 Å². The van der Waals surface area contributed by atoms with Crippen LogP contribution >= 0.6 is 0 Å². The highest BCUT2D eigenvalue weighted by molar-refractivity contribution is 5.95. The lowest BCUT2D eigenvalue weighted by Crippen LogP contribution is -2.48. The second-order valence-corrected chi connectivity index (χ2v) is 10.1. The number of alkyl halides is 3. The summed E-state index contributed by atoms with van der Waals surface area (Å²) in [4.78, 5) is 11.0. The minimum Gasteiger partial charge on any atom is -0.370 e. The molecule has 34 heavy (non-hydrogen) atoms. The molecule has 0 bridgehead atoms. The van der Waals surface area contributed by atoms with Gasteiger partial charge in [-0.15, -0.1) is 0 Å². The van der Waals surface area contributed by atoms with E-state index >= 15 is 0 Å². The number of likely N-dealkylation sites (tertiary alicyclic amines) is 2. The predicted molar refractivity (Wildman–Crippen MR) is 127 cm³/mol. The SMILES string of the molecule is N#Cc1ccc(N2CC(C(F)(F)F)[C@@H](CN3CCC(N4CCCCC4)CC3)C2)c2cccnc12. The van der Waals surface area contributed by atoms with Crippen LogP contribution in [0, 0.1) is 23.2 Å². The summed E-state index contributed by atoms with van der Waals surface area (Å²) in [7, 11) is 0.